The molecule has 0 radical (unpaired) electrons. The second-order valence-electron chi connectivity index (χ2n) is 5.68. The molecule has 0 atom stereocenters. The third kappa shape index (κ3) is 3.94. The molecule has 3 aromatic rings. The lowest BCUT2D eigenvalue weighted by molar-refractivity contribution is 0.489. The van der Waals surface area contributed by atoms with E-state index in [-0.39, 0.29) is 22.7 Å². The van der Waals surface area contributed by atoms with E-state index in [0.29, 0.717) is 9.92 Å². The van der Waals surface area contributed by atoms with Crippen LogP contribution in [0.15, 0.2) is 64.4 Å². The Kier molecular flexibility index (Phi) is 6.16. The summed E-state index contributed by atoms with van der Waals surface area (Å²) < 4.78 is 29.3. The highest BCUT2D eigenvalue weighted by Crippen LogP contribution is 2.42. The zero-order valence-electron chi connectivity index (χ0n) is 14.3. The lowest BCUT2D eigenvalue weighted by Crippen LogP contribution is -2.08. The van der Waals surface area contributed by atoms with Gasteiger partial charge in [-0.05, 0) is 17.7 Å². The molecular formula is C21H12ClF2N3S. The molecule has 0 aliphatic heterocycles. The second kappa shape index (κ2) is 8.75. The highest BCUT2D eigenvalue weighted by Gasteiger charge is 2.26. The van der Waals surface area contributed by atoms with Crippen LogP contribution in [0.1, 0.15) is 16.7 Å². The molecule has 0 fully saturated rings. The summed E-state index contributed by atoms with van der Waals surface area (Å²) in [5, 5.41) is 22.1. The minimum atomic E-state index is -1.35. The predicted octanol–water partition coefficient (Wildman–Crippen LogP) is 6.12. The molecule has 0 spiro atoms. The number of nitrogens with zero attached hydrogens (tertiary/aromatic N) is 2. The van der Waals surface area contributed by atoms with E-state index < -0.39 is 17.2 Å². The lowest BCUT2D eigenvalue weighted by Gasteiger charge is -2.17. The maximum absolute atomic E-state index is 14.8. The maximum Gasteiger partial charge on any atom is 0.179 e. The summed E-state index contributed by atoms with van der Waals surface area (Å²) in [5.41, 5.74) is 0.0704. The summed E-state index contributed by atoms with van der Waals surface area (Å²) in [5.74, 6) is -2.55. The van der Waals surface area contributed by atoms with E-state index in [1.807, 2.05) is 36.4 Å². The van der Waals surface area contributed by atoms with Crippen molar-refractivity contribution >= 4 is 29.1 Å². The van der Waals surface area contributed by atoms with E-state index >= 15 is 0 Å². The minimum Gasteiger partial charge on any atom is -0.379 e. The number of rotatable bonds is 5. The molecule has 0 unspecified atom stereocenters. The molecule has 28 heavy (non-hydrogen) atoms. The number of anilines is 1. The molecule has 3 nitrogen and oxygen atoms in total. The van der Waals surface area contributed by atoms with Crippen LogP contribution in [-0.4, -0.2) is 0 Å². The van der Waals surface area contributed by atoms with Crippen molar-refractivity contribution in [3.63, 3.8) is 0 Å². The quantitative estimate of drug-likeness (QED) is 0.549. The van der Waals surface area contributed by atoms with Gasteiger partial charge in [-0.1, -0.05) is 65.8 Å². The monoisotopic (exact) mass is 411 g/mol. The Bertz CT molecular complexity index is 1110. The highest BCUT2D eigenvalue weighted by molar-refractivity contribution is 7.99. The third-order valence-corrected chi connectivity index (χ3v) is 5.53. The molecular weight excluding hydrogens is 400 g/mol. The molecule has 0 aromatic heterocycles. The van der Waals surface area contributed by atoms with Gasteiger partial charge in [0.2, 0.25) is 0 Å². The minimum absolute atomic E-state index is 0.0618. The van der Waals surface area contributed by atoms with Gasteiger partial charge in [-0.2, -0.15) is 10.5 Å². The van der Waals surface area contributed by atoms with Crippen molar-refractivity contribution in [2.45, 2.75) is 16.3 Å². The number of halogens is 3. The Morgan fingerprint density at radius 3 is 2.18 bits per heavy atom. The zero-order valence-corrected chi connectivity index (χ0v) is 15.9. The van der Waals surface area contributed by atoms with E-state index in [9.17, 15) is 19.3 Å². The molecule has 0 bridgehead atoms. The Morgan fingerprint density at radius 1 is 0.893 bits per heavy atom. The van der Waals surface area contributed by atoms with Crippen LogP contribution in [0.2, 0.25) is 5.02 Å². The summed E-state index contributed by atoms with van der Waals surface area (Å²) in [6, 6.07) is 19.4. The fraction of sp³-hybridized carbons (Fsp3) is 0.0476. The van der Waals surface area contributed by atoms with Gasteiger partial charge in [0.05, 0.1) is 21.2 Å². The van der Waals surface area contributed by atoms with Crippen molar-refractivity contribution in [1.29, 1.82) is 10.5 Å². The van der Waals surface area contributed by atoms with Crippen LogP contribution in [-0.2, 0) is 6.54 Å². The fourth-order valence-corrected chi connectivity index (χ4v) is 3.81. The molecule has 0 amide bonds. The summed E-state index contributed by atoms with van der Waals surface area (Å²) in [7, 11) is 0. The van der Waals surface area contributed by atoms with Crippen molar-refractivity contribution in [1.82, 2.24) is 0 Å². The Labute approximate surface area is 170 Å². The van der Waals surface area contributed by atoms with Gasteiger partial charge >= 0.3 is 0 Å². The van der Waals surface area contributed by atoms with Gasteiger partial charge in [-0.15, -0.1) is 0 Å². The summed E-state index contributed by atoms with van der Waals surface area (Å²) in [6.45, 7) is 0.265. The second-order valence-corrected chi connectivity index (χ2v) is 7.14. The first kappa shape index (κ1) is 19.7. The topological polar surface area (TPSA) is 59.6 Å². The number of nitriles is 2. The van der Waals surface area contributed by atoms with E-state index in [1.54, 1.807) is 30.3 Å². The van der Waals surface area contributed by atoms with Crippen LogP contribution in [0.3, 0.4) is 0 Å². The molecule has 0 aliphatic rings. The number of benzene rings is 3. The van der Waals surface area contributed by atoms with Gasteiger partial charge in [0.1, 0.15) is 17.7 Å². The van der Waals surface area contributed by atoms with Crippen molar-refractivity contribution in [2.75, 3.05) is 5.32 Å². The number of nitrogens with one attached hydrogen (secondary N) is 1. The van der Waals surface area contributed by atoms with E-state index in [0.717, 1.165) is 17.3 Å². The van der Waals surface area contributed by atoms with Crippen molar-refractivity contribution in [2.24, 2.45) is 0 Å². The first-order valence-corrected chi connectivity index (χ1v) is 9.31. The molecule has 7 heteroatoms. The predicted molar refractivity (Wildman–Crippen MR) is 105 cm³/mol. The van der Waals surface area contributed by atoms with Crippen LogP contribution in [0, 0.1) is 34.3 Å². The molecule has 0 aliphatic carbocycles. The molecule has 0 heterocycles. The van der Waals surface area contributed by atoms with Gasteiger partial charge in [-0.25, -0.2) is 8.78 Å². The number of hydrogen-bond donors (Lipinski definition) is 1. The Hall–Kier alpha value is -3.06. The van der Waals surface area contributed by atoms with E-state index in [2.05, 4.69) is 5.32 Å². The summed E-state index contributed by atoms with van der Waals surface area (Å²) >= 11 is 7.04. The first-order valence-electron chi connectivity index (χ1n) is 8.12. The average Bonchev–Trinajstić information content (AvgIpc) is 2.72. The molecule has 138 valence electrons. The number of hydrogen-bond acceptors (Lipinski definition) is 4. The lowest BCUT2D eigenvalue weighted by atomic mass is 10.1. The zero-order chi connectivity index (χ0) is 20.1. The van der Waals surface area contributed by atoms with Gasteiger partial charge in [0.15, 0.2) is 11.6 Å². The van der Waals surface area contributed by atoms with E-state index in [1.165, 1.54) is 0 Å². The van der Waals surface area contributed by atoms with Gasteiger partial charge in [-0.3, -0.25) is 0 Å². The van der Waals surface area contributed by atoms with E-state index in [4.69, 9.17) is 11.6 Å². The van der Waals surface area contributed by atoms with Crippen LogP contribution < -0.4 is 5.32 Å². The molecule has 3 rings (SSSR count). The largest absolute Gasteiger partial charge is 0.379 e. The van der Waals surface area contributed by atoms with Crippen molar-refractivity contribution < 1.29 is 8.78 Å². The molecule has 3 aromatic carbocycles. The summed E-state index contributed by atoms with van der Waals surface area (Å²) in [6.07, 6.45) is 0. The van der Waals surface area contributed by atoms with Gasteiger partial charge in [0.25, 0.3) is 0 Å². The summed E-state index contributed by atoms with van der Waals surface area (Å²) in [4.78, 5) is 0.371. The van der Waals surface area contributed by atoms with Crippen molar-refractivity contribution in [3.05, 3.63) is 87.9 Å². The molecule has 0 saturated heterocycles. The first-order chi connectivity index (χ1) is 13.6. The molecule has 0 saturated carbocycles. The third-order valence-electron chi connectivity index (χ3n) is 3.92. The van der Waals surface area contributed by atoms with Crippen LogP contribution in [0.4, 0.5) is 14.5 Å². The average molecular weight is 412 g/mol. The Balaban J connectivity index is 2.13. The van der Waals surface area contributed by atoms with Gasteiger partial charge < -0.3 is 5.32 Å². The standard InChI is InChI=1S/C21H12ClF2N3S/c22-16-8-4-5-9-17(16)28-21-19(24)18(23)14(10-25)15(11-26)20(21)27-12-13-6-2-1-3-7-13/h1-9,27H,12H2. The highest BCUT2D eigenvalue weighted by atomic mass is 35.5. The van der Waals surface area contributed by atoms with Gasteiger partial charge in [0, 0.05) is 11.4 Å². The van der Waals surface area contributed by atoms with Crippen LogP contribution >= 0.6 is 23.4 Å². The van der Waals surface area contributed by atoms with Crippen LogP contribution in [0.25, 0.3) is 0 Å². The smallest absolute Gasteiger partial charge is 0.179 e. The van der Waals surface area contributed by atoms with Crippen molar-refractivity contribution in [3.8, 4) is 12.1 Å². The molecule has 1 N–H and O–H groups in total. The Morgan fingerprint density at radius 2 is 1.54 bits per heavy atom. The maximum atomic E-state index is 14.8. The fourth-order valence-electron chi connectivity index (χ4n) is 2.57. The van der Waals surface area contributed by atoms with Crippen LogP contribution in [0.5, 0.6) is 0 Å². The SMILES string of the molecule is N#Cc1c(F)c(F)c(Sc2ccccc2Cl)c(NCc2ccccc2)c1C#N. The normalized spacial score (nSPS) is 10.2.